The van der Waals surface area contributed by atoms with E-state index in [-0.39, 0.29) is 29.8 Å². The Morgan fingerprint density at radius 1 is 1.19 bits per heavy atom. The smallest absolute Gasteiger partial charge is 0.394 e. The third-order valence-corrected chi connectivity index (χ3v) is 5.64. The summed E-state index contributed by atoms with van der Waals surface area (Å²) in [7, 11) is 0. The summed E-state index contributed by atoms with van der Waals surface area (Å²) in [5, 5.41) is 20.8. The van der Waals surface area contributed by atoms with Gasteiger partial charge in [-0.25, -0.2) is 4.52 Å². The number of nitrogens with zero attached hydrogens (tertiary/aromatic N) is 6. The number of nitrogen functional groups attached to an aromatic ring is 1. The first-order valence-corrected chi connectivity index (χ1v) is 11.1. The molecule has 0 radical (unpaired) electrons. The molecule has 4 N–H and O–H groups in total. The Morgan fingerprint density at radius 2 is 1.94 bits per heavy atom. The van der Waals surface area contributed by atoms with Crippen LogP contribution in [-0.4, -0.2) is 52.5 Å². The minimum Gasteiger partial charge on any atom is -0.394 e. The van der Waals surface area contributed by atoms with Crippen molar-refractivity contribution < 1.29 is 23.1 Å². The van der Waals surface area contributed by atoms with Crippen molar-refractivity contribution >= 4 is 17.5 Å². The quantitative estimate of drug-likeness (QED) is 0.353. The molecule has 0 aliphatic carbocycles. The van der Waals surface area contributed by atoms with Gasteiger partial charge in [-0.1, -0.05) is 13.0 Å². The molecule has 1 amide bonds. The second kappa shape index (κ2) is 9.22. The summed E-state index contributed by atoms with van der Waals surface area (Å²) in [5.41, 5.74) is 6.18. The lowest BCUT2D eigenvalue weighted by molar-refractivity contribution is -0.141. The van der Waals surface area contributed by atoms with Gasteiger partial charge in [-0.05, 0) is 38.0 Å². The fourth-order valence-corrected chi connectivity index (χ4v) is 3.74. The normalized spacial score (nSPS) is 13.2. The second-order valence-electron chi connectivity index (χ2n) is 8.98. The Kier molecular flexibility index (Phi) is 6.43. The Hall–Kier alpha value is -4.00. The number of aliphatic hydroxyl groups is 1. The van der Waals surface area contributed by atoms with Crippen LogP contribution in [-0.2, 0) is 6.18 Å². The molecule has 4 rings (SSSR count). The predicted molar refractivity (Wildman–Crippen MR) is 125 cm³/mol. The monoisotopic (exact) mass is 502 g/mol. The number of nitrogens with two attached hydrogens (primary N) is 1. The first-order chi connectivity index (χ1) is 16.9. The summed E-state index contributed by atoms with van der Waals surface area (Å²) in [4.78, 5) is 20.7. The number of hydrogen-bond acceptors (Lipinski definition) is 7. The fraction of sp³-hybridized carbons (Fsp3) is 0.348. The molecule has 4 aromatic heterocycles. The number of nitrogens with one attached hydrogen (secondary N) is 1. The molecule has 0 aliphatic rings. The number of rotatable bonds is 7. The maximum Gasteiger partial charge on any atom is 0.433 e. The average Bonchev–Trinajstić information content (AvgIpc) is 3.44. The number of carbonyl (C=O) groups is 1. The molecule has 0 fully saturated rings. The van der Waals surface area contributed by atoms with Crippen LogP contribution in [0.4, 0.5) is 19.1 Å². The van der Waals surface area contributed by atoms with Crippen molar-refractivity contribution in [3.63, 3.8) is 0 Å². The van der Waals surface area contributed by atoms with Gasteiger partial charge in [-0.3, -0.25) is 14.5 Å². The number of aliphatic hydroxyl groups excluding tert-OH is 1. The van der Waals surface area contributed by atoms with Crippen molar-refractivity contribution in [2.45, 2.75) is 44.9 Å². The maximum atomic E-state index is 13.0. The summed E-state index contributed by atoms with van der Waals surface area (Å²) >= 11 is 0. The molecule has 36 heavy (non-hydrogen) atoms. The first-order valence-electron chi connectivity index (χ1n) is 11.1. The van der Waals surface area contributed by atoms with Crippen molar-refractivity contribution in [3.05, 3.63) is 59.8 Å². The van der Waals surface area contributed by atoms with Gasteiger partial charge in [0.25, 0.3) is 5.91 Å². The molecule has 0 unspecified atom stereocenters. The van der Waals surface area contributed by atoms with E-state index in [1.54, 1.807) is 43.2 Å². The molecular formula is C23H25F3N8O2. The zero-order valence-corrected chi connectivity index (χ0v) is 19.8. The Balaban J connectivity index is 1.70. The van der Waals surface area contributed by atoms with E-state index in [0.717, 1.165) is 6.07 Å². The van der Waals surface area contributed by atoms with Gasteiger partial charge in [-0.2, -0.15) is 23.3 Å². The van der Waals surface area contributed by atoms with Crippen molar-refractivity contribution in [1.29, 1.82) is 0 Å². The molecule has 0 spiro atoms. The largest absolute Gasteiger partial charge is 0.433 e. The molecular weight excluding hydrogens is 477 g/mol. The van der Waals surface area contributed by atoms with E-state index in [1.165, 1.54) is 16.8 Å². The van der Waals surface area contributed by atoms with Crippen molar-refractivity contribution in [2.75, 3.05) is 12.3 Å². The van der Waals surface area contributed by atoms with Crippen LogP contribution in [0.25, 0.3) is 16.8 Å². The highest BCUT2D eigenvalue weighted by Crippen LogP contribution is 2.30. The summed E-state index contributed by atoms with van der Waals surface area (Å²) in [6, 6.07) is 3.60. The Labute approximate surface area is 204 Å². The SMILES string of the molecule is CC[C@@H](c1ccc(C(F)(F)F)nc1)n1cc(-c2cc(C(=O)NC(C)(C)CO)c3nc(N)nn3c2)cn1. The third kappa shape index (κ3) is 5.00. The number of pyridine rings is 2. The van der Waals surface area contributed by atoms with E-state index in [9.17, 15) is 23.1 Å². The van der Waals surface area contributed by atoms with Crippen LogP contribution in [0.1, 0.15) is 54.8 Å². The number of halogens is 3. The summed E-state index contributed by atoms with van der Waals surface area (Å²) < 4.78 is 41.7. The third-order valence-electron chi connectivity index (χ3n) is 5.64. The van der Waals surface area contributed by atoms with Crippen LogP contribution in [0.2, 0.25) is 0 Å². The van der Waals surface area contributed by atoms with E-state index in [0.29, 0.717) is 23.1 Å². The molecule has 0 aromatic carbocycles. The lowest BCUT2D eigenvalue weighted by Gasteiger charge is -2.23. The van der Waals surface area contributed by atoms with E-state index in [2.05, 4.69) is 25.5 Å². The van der Waals surface area contributed by atoms with Gasteiger partial charge < -0.3 is 16.2 Å². The van der Waals surface area contributed by atoms with E-state index >= 15 is 0 Å². The zero-order chi connectivity index (χ0) is 26.3. The molecule has 13 heteroatoms. The van der Waals surface area contributed by atoms with Crippen LogP contribution in [0.3, 0.4) is 0 Å². The molecule has 0 saturated carbocycles. The highest BCUT2D eigenvalue weighted by Gasteiger charge is 2.32. The number of amides is 1. The van der Waals surface area contributed by atoms with Crippen molar-refractivity contribution in [1.82, 2.24) is 34.7 Å². The predicted octanol–water partition coefficient (Wildman–Crippen LogP) is 3.09. The lowest BCUT2D eigenvalue weighted by Crippen LogP contribution is -2.46. The molecule has 0 aliphatic heterocycles. The first kappa shape index (κ1) is 25.1. The molecule has 4 heterocycles. The van der Waals surface area contributed by atoms with Crippen LogP contribution >= 0.6 is 0 Å². The second-order valence-corrected chi connectivity index (χ2v) is 8.98. The summed E-state index contributed by atoms with van der Waals surface area (Å²) in [6.45, 7) is 4.97. The van der Waals surface area contributed by atoms with Crippen LogP contribution in [0.5, 0.6) is 0 Å². The number of aromatic nitrogens is 6. The Morgan fingerprint density at radius 3 is 2.56 bits per heavy atom. The average molecular weight is 503 g/mol. The topological polar surface area (TPSA) is 136 Å². The minimum atomic E-state index is -4.51. The van der Waals surface area contributed by atoms with Crippen molar-refractivity contribution in [3.8, 4) is 11.1 Å². The maximum absolute atomic E-state index is 13.0. The van der Waals surface area contributed by atoms with Gasteiger partial charge in [-0.15, -0.1) is 5.10 Å². The van der Waals surface area contributed by atoms with Crippen LogP contribution in [0, 0.1) is 0 Å². The van der Waals surface area contributed by atoms with E-state index < -0.39 is 23.3 Å². The molecule has 4 aromatic rings. The van der Waals surface area contributed by atoms with Gasteiger partial charge in [0, 0.05) is 29.7 Å². The van der Waals surface area contributed by atoms with Gasteiger partial charge in [0.2, 0.25) is 5.95 Å². The highest BCUT2D eigenvalue weighted by molar-refractivity contribution is 6.01. The fourth-order valence-electron chi connectivity index (χ4n) is 3.74. The zero-order valence-electron chi connectivity index (χ0n) is 19.8. The van der Waals surface area contributed by atoms with Crippen LogP contribution < -0.4 is 11.1 Å². The van der Waals surface area contributed by atoms with Gasteiger partial charge in [0.1, 0.15) is 5.69 Å². The molecule has 10 nitrogen and oxygen atoms in total. The number of alkyl halides is 3. The molecule has 0 bridgehead atoms. The standard InChI is InChI=1S/C23H25F3N8O2/c1-4-17(13-5-6-18(28-8-13)23(24,25)26)33-11-15(9-29-33)14-7-16(20(36)31-22(2,3)12-35)19-30-21(27)32-34(19)10-14/h5-11,17,35H,4,12H2,1-3H3,(H2,27,32)(H,31,36)/t17-/m0/s1. The molecule has 0 saturated heterocycles. The highest BCUT2D eigenvalue weighted by atomic mass is 19.4. The summed E-state index contributed by atoms with van der Waals surface area (Å²) in [6.07, 6.45) is 2.20. The van der Waals surface area contributed by atoms with Gasteiger partial charge >= 0.3 is 6.18 Å². The number of hydrogen-bond donors (Lipinski definition) is 3. The van der Waals surface area contributed by atoms with Crippen molar-refractivity contribution in [2.24, 2.45) is 0 Å². The minimum absolute atomic E-state index is 0.0147. The van der Waals surface area contributed by atoms with E-state index in [4.69, 9.17) is 5.73 Å². The number of fused-ring (bicyclic) bond motifs is 1. The lowest BCUT2D eigenvalue weighted by atomic mass is 10.0. The molecule has 1 atom stereocenters. The van der Waals surface area contributed by atoms with Crippen LogP contribution in [0.15, 0.2) is 43.0 Å². The Bertz CT molecular complexity index is 1390. The van der Waals surface area contributed by atoms with Gasteiger partial charge in [0.15, 0.2) is 5.65 Å². The number of carbonyl (C=O) groups excluding carboxylic acids is 1. The number of anilines is 1. The molecule has 190 valence electrons. The van der Waals surface area contributed by atoms with Gasteiger partial charge in [0.05, 0.1) is 29.9 Å². The summed E-state index contributed by atoms with van der Waals surface area (Å²) in [5.74, 6) is -0.484. The van der Waals surface area contributed by atoms with E-state index in [1.807, 2.05) is 6.92 Å².